The lowest BCUT2D eigenvalue weighted by molar-refractivity contribution is 0.0934. The average Bonchev–Trinajstić information content (AvgIpc) is 2.51. The summed E-state index contributed by atoms with van der Waals surface area (Å²) in [7, 11) is 0. The van der Waals surface area contributed by atoms with E-state index in [1.807, 2.05) is 0 Å². The van der Waals surface area contributed by atoms with Crippen LogP contribution in [0.3, 0.4) is 0 Å². The second-order valence-electron chi connectivity index (χ2n) is 5.60. The molecule has 1 aromatic carbocycles. The highest BCUT2D eigenvalue weighted by molar-refractivity contribution is 6.33. The van der Waals surface area contributed by atoms with Crippen LogP contribution in [-0.2, 0) is 6.42 Å². The fraction of sp³-hybridized carbons (Fsp3) is 0.333. The van der Waals surface area contributed by atoms with E-state index in [-0.39, 0.29) is 22.3 Å². The van der Waals surface area contributed by atoms with Gasteiger partial charge < -0.3 is 5.32 Å². The van der Waals surface area contributed by atoms with E-state index >= 15 is 0 Å². The largest absolute Gasteiger partial charge is 0.349 e. The number of pyridine rings is 1. The number of amides is 1. The molecule has 0 saturated carbocycles. The monoisotopic (exact) mass is 350 g/mol. The van der Waals surface area contributed by atoms with Crippen LogP contribution in [0.2, 0.25) is 10.3 Å². The molecule has 23 heavy (non-hydrogen) atoms. The normalized spacial score (nSPS) is 12.0. The number of hydrogen-bond acceptors (Lipinski definition) is 2. The lowest BCUT2D eigenvalue weighted by Crippen LogP contribution is -2.34. The van der Waals surface area contributed by atoms with E-state index in [2.05, 4.69) is 48.4 Å². The standard InChI is InChI=1S/C18H20Cl2N2O/c1-3-15(9-8-13-6-4-12(2)5-7-13)21-18(23)14-10-16(19)22-17(20)11-14/h4-7,10-11,15H,3,8-9H2,1-2H3,(H,21,23). The van der Waals surface area contributed by atoms with Crippen LogP contribution in [0.15, 0.2) is 36.4 Å². The third kappa shape index (κ3) is 5.52. The number of nitrogens with one attached hydrogen (secondary N) is 1. The summed E-state index contributed by atoms with van der Waals surface area (Å²) in [5, 5.41) is 3.47. The Kier molecular flexibility index (Phi) is 6.43. The lowest BCUT2D eigenvalue weighted by atomic mass is 10.0. The van der Waals surface area contributed by atoms with Crippen molar-refractivity contribution < 1.29 is 4.79 Å². The summed E-state index contributed by atoms with van der Waals surface area (Å²) in [6.45, 7) is 4.14. The first-order valence-corrected chi connectivity index (χ1v) is 8.43. The van der Waals surface area contributed by atoms with E-state index in [0.29, 0.717) is 5.56 Å². The van der Waals surface area contributed by atoms with Gasteiger partial charge in [-0.2, -0.15) is 0 Å². The molecule has 2 aromatic rings. The Balaban J connectivity index is 1.95. The number of rotatable bonds is 6. The molecule has 0 bridgehead atoms. The molecule has 1 aromatic heterocycles. The summed E-state index contributed by atoms with van der Waals surface area (Å²) in [6, 6.07) is 11.6. The smallest absolute Gasteiger partial charge is 0.251 e. The van der Waals surface area contributed by atoms with Gasteiger partial charge in [0.2, 0.25) is 0 Å². The van der Waals surface area contributed by atoms with Crippen molar-refractivity contribution >= 4 is 29.1 Å². The van der Waals surface area contributed by atoms with Crippen molar-refractivity contribution in [2.75, 3.05) is 0 Å². The zero-order valence-electron chi connectivity index (χ0n) is 13.3. The van der Waals surface area contributed by atoms with Gasteiger partial charge in [-0.05, 0) is 43.9 Å². The van der Waals surface area contributed by atoms with Gasteiger partial charge in [0.15, 0.2) is 0 Å². The van der Waals surface area contributed by atoms with Crippen molar-refractivity contribution in [2.45, 2.75) is 39.2 Å². The number of hydrogen-bond donors (Lipinski definition) is 1. The van der Waals surface area contributed by atoms with E-state index in [1.54, 1.807) is 0 Å². The van der Waals surface area contributed by atoms with E-state index in [4.69, 9.17) is 23.2 Å². The number of aryl methyl sites for hydroxylation is 2. The van der Waals surface area contributed by atoms with Crippen LogP contribution >= 0.6 is 23.2 Å². The summed E-state index contributed by atoms with van der Waals surface area (Å²) >= 11 is 11.7. The Hall–Kier alpha value is -1.58. The van der Waals surface area contributed by atoms with Crippen LogP contribution < -0.4 is 5.32 Å². The van der Waals surface area contributed by atoms with Gasteiger partial charge in [0.1, 0.15) is 10.3 Å². The molecular weight excluding hydrogens is 331 g/mol. The molecule has 0 radical (unpaired) electrons. The molecule has 122 valence electrons. The molecule has 3 nitrogen and oxygen atoms in total. The van der Waals surface area contributed by atoms with Gasteiger partial charge in [0.25, 0.3) is 5.91 Å². The average molecular weight is 351 g/mol. The van der Waals surface area contributed by atoms with Crippen LogP contribution in [0.25, 0.3) is 0 Å². The second-order valence-corrected chi connectivity index (χ2v) is 6.38. The molecule has 2 rings (SSSR count). The number of carbonyl (C=O) groups excluding carboxylic acids is 1. The Morgan fingerprint density at radius 2 is 1.78 bits per heavy atom. The van der Waals surface area contributed by atoms with Crippen LogP contribution in [0, 0.1) is 6.92 Å². The second kappa shape index (κ2) is 8.32. The maximum atomic E-state index is 12.3. The molecule has 1 amide bonds. The SMILES string of the molecule is CCC(CCc1ccc(C)cc1)NC(=O)c1cc(Cl)nc(Cl)c1. The van der Waals surface area contributed by atoms with Crippen LogP contribution in [0.1, 0.15) is 41.3 Å². The van der Waals surface area contributed by atoms with E-state index in [9.17, 15) is 4.79 Å². The molecular formula is C18H20Cl2N2O. The third-order valence-corrected chi connectivity index (χ3v) is 4.14. The molecule has 0 spiro atoms. The number of carbonyl (C=O) groups is 1. The van der Waals surface area contributed by atoms with E-state index < -0.39 is 0 Å². The van der Waals surface area contributed by atoms with Gasteiger partial charge in [-0.3, -0.25) is 4.79 Å². The maximum Gasteiger partial charge on any atom is 0.251 e. The fourth-order valence-electron chi connectivity index (χ4n) is 2.34. The number of aromatic nitrogens is 1. The minimum absolute atomic E-state index is 0.106. The van der Waals surface area contributed by atoms with Gasteiger partial charge in [-0.25, -0.2) is 4.98 Å². The first-order chi connectivity index (χ1) is 11.0. The Morgan fingerprint density at radius 1 is 1.17 bits per heavy atom. The summed E-state index contributed by atoms with van der Waals surface area (Å²) in [4.78, 5) is 16.2. The van der Waals surface area contributed by atoms with Crippen molar-refractivity contribution in [3.63, 3.8) is 0 Å². The van der Waals surface area contributed by atoms with Gasteiger partial charge in [0, 0.05) is 11.6 Å². The molecule has 0 aliphatic heterocycles. The minimum Gasteiger partial charge on any atom is -0.349 e. The van der Waals surface area contributed by atoms with Crippen LogP contribution in [0.4, 0.5) is 0 Å². The topological polar surface area (TPSA) is 42.0 Å². The van der Waals surface area contributed by atoms with Gasteiger partial charge >= 0.3 is 0 Å². The van der Waals surface area contributed by atoms with E-state index in [0.717, 1.165) is 19.3 Å². The summed E-state index contributed by atoms with van der Waals surface area (Å²) in [5.41, 5.74) is 2.96. The van der Waals surface area contributed by atoms with Gasteiger partial charge in [-0.1, -0.05) is 60.0 Å². The highest BCUT2D eigenvalue weighted by atomic mass is 35.5. The Labute approximate surface area is 147 Å². The Morgan fingerprint density at radius 3 is 2.35 bits per heavy atom. The molecule has 1 atom stereocenters. The van der Waals surface area contributed by atoms with Crippen LogP contribution in [-0.4, -0.2) is 16.9 Å². The van der Waals surface area contributed by atoms with Crippen molar-refractivity contribution in [2.24, 2.45) is 0 Å². The molecule has 1 N–H and O–H groups in total. The highest BCUT2D eigenvalue weighted by Gasteiger charge is 2.14. The fourth-order valence-corrected chi connectivity index (χ4v) is 2.80. The zero-order valence-corrected chi connectivity index (χ0v) is 14.8. The van der Waals surface area contributed by atoms with Crippen molar-refractivity contribution in [3.8, 4) is 0 Å². The number of halogens is 2. The summed E-state index contributed by atoms with van der Waals surface area (Å²) in [5.74, 6) is -0.174. The number of nitrogens with zero attached hydrogens (tertiary/aromatic N) is 1. The molecule has 1 heterocycles. The Bertz CT molecular complexity index is 651. The maximum absolute atomic E-state index is 12.3. The molecule has 1 unspecified atom stereocenters. The molecule has 0 aliphatic carbocycles. The molecule has 0 aliphatic rings. The summed E-state index contributed by atoms with van der Waals surface area (Å²) < 4.78 is 0. The zero-order chi connectivity index (χ0) is 16.8. The molecule has 0 fully saturated rings. The third-order valence-electron chi connectivity index (χ3n) is 3.76. The predicted molar refractivity (Wildman–Crippen MR) is 95.3 cm³/mol. The molecule has 0 saturated heterocycles. The minimum atomic E-state index is -0.174. The van der Waals surface area contributed by atoms with E-state index in [1.165, 1.54) is 23.3 Å². The highest BCUT2D eigenvalue weighted by Crippen LogP contribution is 2.15. The summed E-state index contributed by atoms with van der Waals surface area (Å²) in [6.07, 6.45) is 2.68. The van der Waals surface area contributed by atoms with Crippen molar-refractivity contribution in [3.05, 3.63) is 63.4 Å². The number of benzene rings is 1. The first kappa shape index (κ1) is 17.8. The van der Waals surface area contributed by atoms with Gasteiger partial charge in [0.05, 0.1) is 0 Å². The first-order valence-electron chi connectivity index (χ1n) is 7.67. The predicted octanol–water partition coefficient (Wildman–Crippen LogP) is 4.84. The van der Waals surface area contributed by atoms with Gasteiger partial charge in [-0.15, -0.1) is 0 Å². The van der Waals surface area contributed by atoms with Crippen molar-refractivity contribution in [1.29, 1.82) is 0 Å². The quantitative estimate of drug-likeness (QED) is 0.757. The van der Waals surface area contributed by atoms with Crippen molar-refractivity contribution in [1.82, 2.24) is 10.3 Å². The van der Waals surface area contributed by atoms with Crippen LogP contribution in [0.5, 0.6) is 0 Å². The molecule has 5 heteroatoms. The lowest BCUT2D eigenvalue weighted by Gasteiger charge is -2.17.